The van der Waals surface area contributed by atoms with Gasteiger partial charge in [0.2, 0.25) is 0 Å². The molecule has 4 heteroatoms. The van der Waals surface area contributed by atoms with E-state index in [9.17, 15) is 8.42 Å². The summed E-state index contributed by atoms with van der Waals surface area (Å²) in [7, 11) is -2.26. The van der Waals surface area contributed by atoms with E-state index in [-0.39, 0.29) is 21.7 Å². The van der Waals surface area contributed by atoms with Gasteiger partial charge in [-0.05, 0) is 34.5 Å². The molecule has 3 aliphatic heterocycles. The molecular formula is C18H34O2S2. The van der Waals surface area contributed by atoms with E-state index in [1.54, 1.807) is 0 Å². The predicted octanol–water partition coefficient (Wildman–Crippen LogP) is 4.83. The number of hydrogen-bond donors (Lipinski definition) is 0. The Hall–Kier alpha value is 0.300. The molecule has 0 spiro atoms. The second-order valence-electron chi connectivity index (χ2n) is 10.5. The summed E-state index contributed by atoms with van der Waals surface area (Å²) >= 11 is 0. The minimum absolute atomic E-state index is 0.191. The van der Waals surface area contributed by atoms with Crippen molar-refractivity contribution in [2.24, 2.45) is 21.7 Å². The van der Waals surface area contributed by atoms with E-state index < -0.39 is 29.8 Å². The maximum Gasteiger partial charge on any atom is 0.133 e. The van der Waals surface area contributed by atoms with Crippen molar-refractivity contribution < 1.29 is 8.42 Å². The minimum Gasteiger partial charge on any atom is -0.256 e. The van der Waals surface area contributed by atoms with Crippen LogP contribution < -0.4 is 0 Å². The molecule has 0 aromatic rings. The largest absolute Gasteiger partial charge is 0.256 e. The monoisotopic (exact) mass is 346 g/mol. The van der Waals surface area contributed by atoms with Gasteiger partial charge in [-0.15, -0.1) is 0 Å². The molecule has 2 nitrogen and oxygen atoms in total. The molecule has 0 unspecified atom stereocenters. The highest BCUT2D eigenvalue weighted by Crippen LogP contribution is 2.75. The van der Waals surface area contributed by atoms with Gasteiger partial charge in [-0.2, -0.15) is 0 Å². The molecule has 0 aliphatic carbocycles. The van der Waals surface area contributed by atoms with Crippen molar-refractivity contribution in [1.82, 2.24) is 0 Å². The number of hydrogen-bond acceptors (Lipinski definition) is 2. The van der Waals surface area contributed by atoms with Crippen LogP contribution in [0.25, 0.3) is 0 Å². The summed E-state index contributed by atoms with van der Waals surface area (Å²) in [5, 5.41) is 0. The maximum absolute atomic E-state index is 14.0. The van der Waals surface area contributed by atoms with E-state index in [1.165, 1.54) is 0 Å². The fraction of sp³-hybridized carbons (Fsp3) is 1.00. The normalized spacial score (nSPS) is 44.1. The van der Waals surface area contributed by atoms with Gasteiger partial charge >= 0.3 is 0 Å². The van der Waals surface area contributed by atoms with Crippen LogP contribution in [0.15, 0.2) is 0 Å². The molecule has 3 fully saturated rings. The lowest BCUT2D eigenvalue weighted by Gasteiger charge is -2.69. The third-order valence-electron chi connectivity index (χ3n) is 6.18. The molecule has 3 rings (SSSR count). The molecule has 0 amide bonds. The first-order valence-corrected chi connectivity index (χ1v) is 10.7. The Morgan fingerprint density at radius 2 is 0.864 bits per heavy atom. The SMILES string of the molecule is CC(C)(C)C12S(=O)C(C(C)(C)C)(S1=O)C(C)(C)CCC2(C)C. The Kier molecular flexibility index (Phi) is 3.79. The number of rotatable bonds is 0. The van der Waals surface area contributed by atoms with Gasteiger partial charge in [-0.3, -0.25) is 8.42 Å². The van der Waals surface area contributed by atoms with Gasteiger partial charge in [-0.1, -0.05) is 69.2 Å². The van der Waals surface area contributed by atoms with E-state index in [0.717, 1.165) is 12.8 Å². The van der Waals surface area contributed by atoms with Gasteiger partial charge < -0.3 is 0 Å². The average molecular weight is 347 g/mol. The smallest absolute Gasteiger partial charge is 0.133 e. The van der Waals surface area contributed by atoms with Gasteiger partial charge in [0.1, 0.15) is 8.16 Å². The minimum atomic E-state index is -1.13. The van der Waals surface area contributed by atoms with Gasteiger partial charge in [0, 0.05) is 0 Å². The molecule has 0 saturated carbocycles. The topological polar surface area (TPSA) is 34.1 Å². The molecule has 0 radical (unpaired) electrons. The number of fused-ring (bicyclic) bond motifs is 3. The summed E-state index contributed by atoms with van der Waals surface area (Å²) < 4.78 is 26.7. The third kappa shape index (κ3) is 1.67. The predicted molar refractivity (Wildman–Crippen MR) is 97.5 cm³/mol. The molecule has 3 aliphatic rings. The summed E-state index contributed by atoms with van der Waals surface area (Å²) in [6.07, 6.45) is 1.96. The lowest BCUT2D eigenvalue weighted by molar-refractivity contribution is 0.173. The molecule has 3 saturated heterocycles. The van der Waals surface area contributed by atoms with Crippen molar-refractivity contribution in [2.45, 2.75) is 90.2 Å². The Balaban J connectivity index is 2.87. The Morgan fingerprint density at radius 3 is 1.05 bits per heavy atom. The zero-order chi connectivity index (χ0) is 17.6. The Morgan fingerprint density at radius 1 is 0.636 bits per heavy atom. The second kappa shape index (κ2) is 4.47. The third-order valence-corrected chi connectivity index (χ3v) is 14.7. The summed E-state index contributed by atoms with van der Waals surface area (Å²) in [4.78, 5) is 0. The zero-order valence-corrected chi connectivity index (χ0v) is 17.7. The highest BCUT2D eigenvalue weighted by Gasteiger charge is 2.85. The van der Waals surface area contributed by atoms with Crippen LogP contribution in [0, 0.1) is 21.7 Å². The van der Waals surface area contributed by atoms with Crippen LogP contribution in [-0.4, -0.2) is 16.6 Å². The van der Waals surface area contributed by atoms with Gasteiger partial charge in [0.25, 0.3) is 0 Å². The Bertz CT molecular complexity index is 482. The standard InChI is InChI=1S/C18H34O2S2/c1-13(2,3)17-15(7,8)11-12-16(9,10)18(21(17)19,22(17)20)14(4,5)6/h11-12H2,1-10H3. The molecule has 3 heterocycles. The van der Waals surface area contributed by atoms with Crippen LogP contribution >= 0.6 is 0 Å². The van der Waals surface area contributed by atoms with E-state index in [4.69, 9.17) is 0 Å². The van der Waals surface area contributed by atoms with E-state index in [1.807, 2.05) is 0 Å². The van der Waals surface area contributed by atoms with Crippen molar-refractivity contribution >= 4 is 21.6 Å². The first-order chi connectivity index (χ1) is 9.52. The fourth-order valence-electron chi connectivity index (χ4n) is 5.61. The molecule has 0 atom stereocenters. The maximum atomic E-state index is 14.0. The summed E-state index contributed by atoms with van der Waals surface area (Å²) in [5.74, 6) is 0. The summed E-state index contributed by atoms with van der Waals surface area (Å²) in [5.41, 5.74) is -0.879. The van der Waals surface area contributed by atoms with Crippen molar-refractivity contribution in [3.05, 3.63) is 0 Å². The van der Waals surface area contributed by atoms with Crippen LogP contribution in [0.5, 0.6) is 0 Å². The van der Waals surface area contributed by atoms with Crippen molar-refractivity contribution in [3.8, 4) is 0 Å². The van der Waals surface area contributed by atoms with E-state index in [0.29, 0.717) is 0 Å². The molecule has 2 bridgehead atoms. The van der Waals surface area contributed by atoms with Crippen LogP contribution in [0.2, 0.25) is 0 Å². The van der Waals surface area contributed by atoms with Crippen molar-refractivity contribution in [1.29, 1.82) is 0 Å². The molecular weight excluding hydrogens is 312 g/mol. The summed E-state index contributed by atoms with van der Waals surface area (Å²) in [6.45, 7) is 21.5. The van der Waals surface area contributed by atoms with Gasteiger partial charge in [0.15, 0.2) is 0 Å². The van der Waals surface area contributed by atoms with Crippen LogP contribution in [0.1, 0.15) is 82.1 Å². The molecule has 22 heavy (non-hydrogen) atoms. The van der Waals surface area contributed by atoms with Crippen molar-refractivity contribution in [3.63, 3.8) is 0 Å². The molecule has 130 valence electrons. The van der Waals surface area contributed by atoms with Gasteiger partial charge in [-0.25, -0.2) is 0 Å². The lowest BCUT2D eigenvalue weighted by Crippen LogP contribution is -2.82. The van der Waals surface area contributed by atoms with Crippen molar-refractivity contribution in [2.75, 3.05) is 0 Å². The zero-order valence-electron chi connectivity index (χ0n) is 16.0. The summed E-state index contributed by atoms with van der Waals surface area (Å²) in [6, 6.07) is 0. The first kappa shape index (κ1) is 18.6. The highest BCUT2D eigenvalue weighted by atomic mass is 32.3. The van der Waals surface area contributed by atoms with E-state index in [2.05, 4.69) is 69.2 Å². The highest BCUT2D eigenvalue weighted by molar-refractivity contribution is 8.22. The van der Waals surface area contributed by atoms with Gasteiger partial charge in [0.05, 0.1) is 21.6 Å². The van der Waals surface area contributed by atoms with E-state index >= 15 is 0 Å². The fourth-order valence-corrected chi connectivity index (χ4v) is 13.1. The second-order valence-corrected chi connectivity index (χ2v) is 14.6. The Labute approximate surface area is 142 Å². The van der Waals surface area contributed by atoms with Crippen LogP contribution in [0.3, 0.4) is 0 Å². The average Bonchev–Trinajstić information content (AvgIpc) is 2.31. The molecule has 0 N–H and O–H groups in total. The van der Waals surface area contributed by atoms with Crippen LogP contribution in [-0.2, 0) is 21.6 Å². The lowest BCUT2D eigenvalue weighted by atomic mass is 9.68. The van der Waals surface area contributed by atoms with Crippen LogP contribution in [0.4, 0.5) is 0 Å². The quantitative estimate of drug-likeness (QED) is 0.629. The first-order valence-electron chi connectivity index (χ1n) is 8.36. The molecule has 0 aromatic carbocycles. The molecule has 0 aromatic heterocycles.